The number of fused-ring (bicyclic) bond motifs is 1. The smallest absolute Gasteiger partial charge is 0.260 e. The Morgan fingerprint density at radius 2 is 1.76 bits per heavy atom. The Bertz CT molecular complexity index is 1680. The number of aryl methyl sites for hydroxylation is 2. The van der Waals surface area contributed by atoms with E-state index in [1.165, 1.54) is 24.9 Å². The predicted octanol–water partition coefficient (Wildman–Crippen LogP) is 5.33. The first-order valence-corrected chi connectivity index (χ1v) is 13.7. The van der Waals surface area contributed by atoms with Crippen LogP contribution >= 0.6 is 23.2 Å². The van der Waals surface area contributed by atoms with Crippen LogP contribution in [-0.2, 0) is 17.8 Å². The Kier molecular flexibility index (Phi) is 9.40. The third-order valence-electron chi connectivity index (χ3n) is 6.55. The van der Waals surface area contributed by atoms with Gasteiger partial charge in [-0.25, -0.2) is 4.98 Å². The predicted molar refractivity (Wildman–Crippen MR) is 166 cm³/mol. The molecule has 2 aromatic heterocycles. The van der Waals surface area contributed by atoms with Crippen LogP contribution in [0.5, 0.6) is 11.5 Å². The first-order valence-electron chi connectivity index (χ1n) is 12.9. The van der Waals surface area contributed by atoms with Crippen LogP contribution in [0.1, 0.15) is 19.4 Å². The Labute approximate surface area is 252 Å². The van der Waals surface area contributed by atoms with E-state index in [0.29, 0.717) is 34.6 Å². The van der Waals surface area contributed by atoms with Gasteiger partial charge in [0.1, 0.15) is 17.1 Å². The van der Waals surface area contributed by atoms with Crippen molar-refractivity contribution >= 4 is 51.8 Å². The lowest BCUT2D eigenvalue weighted by atomic mass is 10.0. The van der Waals surface area contributed by atoms with Crippen LogP contribution in [0.25, 0.3) is 22.2 Å². The number of halogens is 2. The van der Waals surface area contributed by atoms with Crippen LogP contribution in [0.15, 0.2) is 60.0 Å². The molecule has 0 aliphatic carbocycles. The topological polar surface area (TPSA) is 128 Å². The molecule has 2 heterocycles. The van der Waals surface area contributed by atoms with Crippen molar-refractivity contribution in [2.75, 3.05) is 31.5 Å². The number of benzene rings is 2. The standard InChI is InChI=1S/C30H31Cl2N5O5/c1-6-23(39)34-19-9-7-17(8-10-19)11-12-37-27-18(15-33-29(35-27)36-30(2,3)16-38)13-20(28(37)40)24-25(31)21(41-4)14-22(42-5)26(24)32/h6-10,13-15,38H,1,11-12,16H2,2-5H3,(H,34,39)(H,33,35,36). The molecule has 3 N–H and O–H groups in total. The molecule has 2 aromatic carbocycles. The zero-order chi connectivity index (χ0) is 30.6. The average molecular weight is 613 g/mol. The molecule has 1 amide bonds. The third-order valence-corrected chi connectivity index (χ3v) is 7.30. The fourth-order valence-corrected chi connectivity index (χ4v) is 4.96. The number of rotatable bonds is 11. The number of methoxy groups -OCH3 is 2. The monoisotopic (exact) mass is 611 g/mol. The van der Waals surface area contributed by atoms with E-state index < -0.39 is 5.54 Å². The second-order valence-corrected chi connectivity index (χ2v) is 10.8. The molecule has 0 saturated carbocycles. The number of aliphatic hydroxyl groups is 1. The summed E-state index contributed by atoms with van der Waals surface area (Å²) in [4.78, 5) is 34.8. The summed E-state index contributed by atoms with van der Waals surface area (Å²) in [5.41, 5.74) is 1.33. The summed E-state index contributed by atoms with van der Waals surface area (Å²) in [6.07, 6.45) is 3.25. The minimum absolute atomic E-state index is 0.155. The van der Waals surface area contributed by atoms with Crippen LogP contribution < -0.4 is 25.7 Å². The van der Waals surface area contributed by atoms with Gasteiger partial charge in [0.15, 0.2) is 0 Å². The highest BCUT2D eigenvalue weighted by molar-refractivity contribution is 6.41. The van der Waals surface area contributed by atoms with E-state index in [2.05, 4.69) is 27.2 Å². The molecule has 4 rings (SSSR count). The average Bonchev–Trinajstić information content (AvgIpc) is 2.98. The highest BCUT2D eigenvalue weighted by atomic mass is 35.5. The summed E-state index contributed by atoms with van der Waals surface area (Å²) in [5, 5.41) is 16.4. The minimum atomic E-state index is -0.695. The van der Waals surface area contributed by atoms with Gasteiger partial charge in [0.05, 0.1) is 42.0 Å². The lowest BCUT2D eigenvalue weighted by Gasteiger charge is -2.23. The van der Waals surface area contributed by atoms with Gasteiger partial charge in [-0.05, 0) is 50.1 Å². The summed E-state index contributed by atoms with van der Waals surface area (Å²) in [6, 6.07) is 10.5. The number of carbonyl (C=O) groups excluding carboxylic acids is 1. The van der Waals surface area contributed by atoms with Crippen LogP contribution in [0.3, 0.4) is 0 Å². The van der Waals surface area contributed by atoms with Gasteiger partial charge in [0.25, 0.3) is 5.56 Å². The van der Waals surface area contributed by atoms with Gasteiger partial charge in [-0.2, -0.15) is 4.98 Å². The van der Waals surface area contributed by atoms with Crippen LogP contribution in [0.2, 0.25) is 10.0 Å². The summed E-state index contributed by atoms with van der Waals surface area (Å²) >= 11 is 13.4. The molecule has 0 unspecified atom stereocenters. The number of nitrogens with one attached hydrogen (secondary N) is 2. The van der Waals surface area contributed by atoms with Crippen molar-refractivity contribution in [2.45, 2.75) is 32.4 Å². The fourth-order valence-electron chi connectivity index (χ4n) is 4.26. The number of amides is 1. The first kappa shape index (κ1) is 30.8. The van der Waals surface area contributed by atoms with Crippen molar-refractivity contribution in [2.24, 2.45) is 0 Å². The minimum Gasteiger partial charge on any atom is -0.495 e. The van der Waals surface area contributed by atoms with E-state index in [-0.39, 0.29) is 51.7 Å². The highest BCUT2D eigenvalue weighted by Gasteiger charge is 2.24. The maximum Gasteiger partial charge on any atom is 0.260 e. The van der Waals surface area contributed by atoms with Crippen molar-refractivity contribution in [3.8, 4) is 22.6 Å². The number of hydrogen-bond acceptors (Lipinski definition) is 8. The van der Waals surface area contributed by atoms with Gasteiger partial charge in [0.2, 0.25) is 11.9 Å². The van der Waals surface area contributed by atoms with Gasteiger partial charge in [-0.3, -0.25) is 14.2 Å². The van der Waals surface area contributed by atoms with Crippen molar-refractivity contribution in [1.29, 1.82) is 0 Å². The zero-order valence-corrected chi connectivity index (χ0v) is 25.1. The van der Waals surface area contributed by atoms with Crippen molar-refractivity contribution in [3.05, 3.63) is 81.2 Å². The highest BCUT2D eigenvalue weighted by Crippen LogP contribution is 2.45. The summed E-state index contributed by atoms with van der Waals surface area (Å²) in [6.45, 7) is 7.16. The van der Waals surface area contributed by atoms with Gasteiger partial charge >= 0.3 is 0 Å². The number of aliphatic hydroxyl groups excluding tert-OH is 1. The van der Waals surface area contributed by atoms with Gasteiger partial charge in [-0.15, -0.1) is 0 Å². The number of carbonyl (C=O) groups is 1. The van der Waals surface area contributed by atoms with Gasteiger partial charge in [-0.1, -0.05) is 41.9 Å². The third kappa shape index (κ3) is 6.51. The zero-order valence-electron chi connectivity index (χ0n) is 23.6. The molecule has 12 heteroatoms. The number of ether oxygens (including phenoxy) is 2. The molecular formula is C30H31Cl2N5O5. The molecule has 0 bridgehead atoms. The molecule has 220 valence electrons. The van der Waals surface area contributed by atoms with Crippen LogP contribution in [0.4, 0.5) is 11.6 Å². The second-order valence-electron chi connectivity index (χ2n) is 10.1. The Morgan fingerprint density at radius 3 is 2.33 bits per heavy atom. The maximum absolute atomic E-state index is 14.2. The van der Waals surface area contributed by atoms with Crippen molar-refractivity contribution in [3.63, 3.8) is 0 Å². The summed E-state index contributed by atoms with van der Waals surface area (Å²) < 4.78 is 12.4. The molecule has 0 saturated heterocycles. The van der Waals surface area contributed by atoms with Crippen molar-refractivity contribution < 1.29 is 19.4 Å². The SMILES string of the molecule is C=CC(=O)Nc1ccc(CCn2c(=O)c(-c3c(Cl)c(OC)cc(OC)c3Cl)cc3cnc(NC(C)(C)CO)nc32)cc1. The van der Waals surface area contributed by atoms with E-state index in [9.17, 15) is 14.7 Å². The molecule has 0 aliphatic heterocycles. The quantitative estimate of drug-likeness (QED) is 0.194. The van der Waals surface area contributed by atoms with E-state index in [0.717, 1.165) is 5.56 Å². The van der Waals surface area contributed by atoms with Crippen LogP contribution in [-0.4, -0.2) is 51.9 Å². The molecule has 42 heavy (non-hydrogen) atoms. The molecule has 0 atom stereocenters. The number of nitrogens with zero attached hydrogens (tertiary/aromatic N) is 3. The van der Waals surface area contributed by atoms with E-state index in [4.69, 9.17) is 32.7 Å². The van der Waals surface area contributed by atoms with E-state index in [1.807, 2.05) is 12.1 Å². The molecule has 0 fully saturated rings. The summed E-state index contributed by atoms with van der Waals surface area (Å²) in [7, 11) is 2.92. The largest absolute Gasteiger partial charge is 0.495 e. The Hall–Kier alpha value is -4.12. The Morgan fingerprint density at radius 1 is 1.12 bits per heavy atom. The molecule has 10 nitrogen and oxygen atoms in total. The normalized spacial score (nSPS) is 11.3. The lowest BCUT2D eigenvalue weighted by molar-refractivity contribution is -0.111. The molecule has 0 spiro atoms. The molecule has 0 aliphatic rings. The molecule has 0 radical (unpaired) electrons. The molecular weight excluding hydrogens is 581 g/mol. The van der Waals surface area contributed by atoms with Gasteiger partial charge in [0, 0.05) is 35.4 Å². The van der Waals surface area contributed by atoms with Crippen LogP contribution in [0, 0.1) is 0 Å². The number of anilines is 2. The summed E-state index contributed by atoms with van der Waals surface area (Å²) in [5.74, 6) is 0.538. The lowest BCUT2D eigenvalue weighted by Crippen LogP contribution is -2.36. The Balaban J connectivity index is 1.86. The number of hydrogen-bond donors (Lipinski definition) is 3. The van der Waals surface area contributed by atoms with E-state index in [1.54, 1.807) is 44.3 Å². The molecule has 4 aromatic rings. The number of pyridine rings is 1. The second kappa shape index (κ2) is 12.8. The fraction of sp³-hybridized carbons (Fsp3) is 0.267. The van der Waals surface area contributed by atoms with E-state index >= 15 is 0 Å². The van der Waals surface area contributed by atoms with Gasteiger partial charge < -0.3 is 25.2 Å². The van der Waals surface area contributed by atoms with Crippen molar-refractivity contribution in [1.82, 2.24) is 14.5 Å². The number of aromatic nitrogens is 3. The maximum atomic E-state index is 14.2. The first-order chi connectivity index (χ1) is 20.0.